The number of rotatable bonds is 28. The van der Waals surface area contributed by atoms with Crippen molar-refractivity contribution in [1.29, 1.82) is 0 Å². The molecule has 3 saturated heterocycles. The number of aromatic amines is 6. The van der Waals surface area contributed by atoms with Gasteiger partial charge in [-0.2, -0.15) is 25.5 Å². The van der Waals surface area contributed by atoms with E-state index in [0.717, 1.165) is 151 Å². The van der Waals surface area contributed by atoms with Gasteiger partial charge in [-0.15, -0.1) is 0 Å². The van der Waals surface area contributed by atoms with Crippen LogP contribution in [0.2, 0.25) is 0 Å². The summed E-state index contributed by atoms with van der Waals surface area (Å²) < 4.78 is 93.5. The summed E-state index contributed by atoms with van der Waals surface area (Å²) in [5.41, 5.74) is 20.5. The van der Waals surface area contributed by atoms with E-state index in [1.807, 2.05) is 66.8 Å². The summed E-state index contributed by atoms with van der Waals surface area (Å²) >= 11 is 0. The number of imidazole rings is 1. The Hall–Kier alpha value is -16.7. The molecule has 0 spiro atoms. The second-order valence-corrected chi connectivity index (χ2v) is 35.2. The Morgan fingerprint density at radius 2 is 0.616 bits per heavy atom. The Labute approximate surface area is 837 Å². The predicted octanol–water partition coefficient (Wildman–Crippen LogP) is 17.0. The lowest BCUT2D eigenvalue weighted by atomic mass is 9.91. The van der Waals surface area contributed by atoms with Gasteiger partial charge in [0.1, 0.15) is 57.8 Å². The molecule has 6 aromatic heterocycles. The number of nitrogens with two attached hydrogens (primary N) is 1. The first-order chi connectivity index (χ1) is 71.2. The monoisotopic (exact) mass is 1980 g/mol. The number of carbonyl (C=O) groups excluding carboxylic acids is 5. The van der Waals surface area contributed by atoms with Crippen LogP contribution in [0.15, 0.2) is 195 Å². The highest BCUT2D eigenvalue weighted by molar-refractivity contribution is 6.10. The molecule has 0 unspecified atom stereocenters. The molecule has 1 saturated carbocycles. The van der Waals surface area contributed by atoms with Crippen LogP contribution >= 0.6 is 0 Å². The lowest BCUT2D eigenvalue weighted by molar-refractivity contribution is 0.0917. The number of nitrogens with one attached hydrogen (secondary N) is 14. The Balaban J connectivity index is 0.000000131. The van der Waals surface area contributed by atoms with Crippen molar-refractivity contribution in [3.63, 3.8) is 0 Å². The van der Waals surface area contributed by atoms with Crippen molar-refractivity contribution in [2.24, 2.45) is 11.7 Å². The molecule has 4 aliphatic rings. The largest absolute Gasteiger partial charge is 0.495 e. The minimum Gasteiger partial charge on any atom is -0.495 e. The summed E-state index contributed by atoms with van der Waals surface area (Å²) in [5, 5.41) is 65.0. The Morgan fingerprint density at radius 1 is 0.336 bits per heavy atom. The maximum Gasteiger partial charge on any atom is 0.255 e. The van der Waals surface area contributed by atoms with Crippen LogP contribution in [-0.4, -0.2) is 203 Å². The van der Waals surface area contributed by atoms with Crippen LogP contribution in [0.3, 0.4) is 0 Å². The maximum absolute atomic E-state index is 13.1. The fraction of sp³-hybridized carbons (Fsp3) is 0.245. The molecule has 10 aromatic carbocycles. The maximum atomic E-state index is 13.1. The van der Waals surface area contributed by atoms with Gasteiger partial charge in [0.2, 0.25) is 0 Å². The Kier molecular flexibility index (Phi) is 34.5. The second-order valence-electron chi connectivity index (χ2n) is 35.2. The number of hydrogen-bond acceptors (Lipinski definition) is 20. The van der Waals surface area contributed by atoms with Crippen molar-refractivity contribution in [2.75, 3.05) is 87.9 Å². The molecule has 0 radical (unpaired) electrons. The number of amides is 5. The molecule has 3 aliphatic heterocycles. The highest BCUT2D eigenvalue weighted by atomic mass is 19.1. The van der Waals surface area contributed by atoms with Gasteiger partial charge in [-0.1, -0.05) is 91.0 Å². The normalized spacial score (nSPS) is 15.8. The Bertz CT molecular complexity index is 7190. The molecular formula is C110H112F5N21O10. The molecule has 1 aliphatic carbocycles. The minimum atomic E-state index is -0.288. The lowest BCUT2D eigenvalue weighted by Crippen LogP contribution is -2.40. The number of benzene rings is 10. The number of fused-ring (bicyclic) bond motifs is 5. The molecule has 0 bridgehead atoms. The van der Waals surface area contributed by atoms with E-state index in [4.69, 9.17) is 29.4 Å². The van der Waals surface area contributed by atoms with Crippen molar-refractivity contribution >= 4 is 145 Å². The quantitative estimate of drug-likeness (QED) is 0.0203. The van der Waals surface area contributed by atoms with E-state index in [-0.39, 0.29) is 82.8 Å². The number of aromatic nitrogens is 12. The van der Waals surface area contributed by atoms with Crippen LogP contribution in [-0.2, 0) is 6.42 Å². The molecule has 20 rings (SSSR count). The number of piperidine rings is 1. The van der Waals surface area contributed by atoms with Gasteiger partial charge in [-0.25, -0.2) is 26.9 Å². The molecule has 2 atom stereocenters. The predicted molar refractivity (Wildman–Crippen MR) is 558 cm³/mol. The van der Waals surface area contributed by atoms with Crippen LogP contribution in [0.25, 0.3) is 115 Å². The van der Waals surface area contributed by atoms with Crippen LogP contribution < -0.4 is 72.0 Å². The van der Waals surface area contributed by atoms with Gasteiger partial charge in [-0.05, 0) is 263 Å². The van der Waals surface area contributed by atoms with Crippen LogP contribution in [0.1, 0.15) is 165 Å². The second kappa shape index (κ2) is 49.3. The summed E-state index contributed by atoms with van der Waals surface area (Å²) in [7, 11) is 7.72. The number of ether oxygens (including phenoxy) is 5. The minimum absolute atomic E-state index is 0.120. The molecule has 16 aromatic rings. The number of methoxy groups -OCH3 is 5. The van der Waals surface area contributed by atoms with E-state index in [0.29, 0.717) is 138 Å². The van der Waals surface area contributed by atoms with Crippen molar-refractivity contribution < 1.29 is 69.6 Å². The van der Waals surface area contributed by atoms with Crippen molar-refractivity contribution in [3.8, 4) is 28.7 Å². The van der Waals surface area contributed by atoms with Gasteiger partial charge >= 0.3 is 0 Å². The molecule has 146 heavy (non-hydrogen) atoms. The summed E-state index contributed by atoms with van der Waals surface area (Å²) in [6, 6.07) is 49.2. The van der Waals surface area contributed by atoms with Gasteiger partial charge < -0.3 is 76.9 Å². The van der Waals surface area contributed by atoms with Crippen molar-refractivity contribution in [3.05, 3.63) is 313 Å². The zero-order chi connectivity index (χ0) is 102. The van der Waals surface area contributed by atoms with Gasteiger partial charge in [0, 0.05) is 68.7 Å². The number of hydrogen-bond donors (Lipinski definition) is 15. The lowest BCUT2D eigenvalue weighted by Gasteiger charge is -2.27. The first-order valence-corrected chi connectivity index (χ1v) is 47.9. The van der Waals surface area contributed by atoms with E-state index < -0.39 is 0 Å². The van der Waals surface area contributed by atoms with E-state index in [1.54, 1.807) is 156 Å². The third kappa shape index (κ3) is 25.8. The third-order valence-corrected chi connectivity index (χ3v) is 25.5. The highest BCUT2D eigenvalue weighted by Gasteiger charge is 2.30. The van der Waals surface area contributed by atoms with Crippen molar-refractivity contribution in [2.45, 2.75) is 82.0 Å². The van der Waals surface area contributed by atoms with Gasteiger partial charge in [-0.3, -0.25) is 49.5 Å². The average molecular weight is 1980 g/mol. The van der Waals surface area contributed by atoms with Crippen LogP contribution in [0, 0.1) is 35.0 Å². The number of nitrogens with zero attached hydrogens (tertiary/aromatic N) is 6. The first kappa shape index (κ1) is 102. The third-order valence-electron chi connectivity index (χ3n) is 25.5. The summed E-state index contributed by atoms with van der Waals surface area (Å²) in [6.07, 6.45) is 30.0. The Morgan fingerprint density at radius 3 is 0.890 bits per heavy atom. The van der Waals surface area contributed by atoms with Crippen LogP contribution in [0.5, 0.6) is 28.7 Å². The molecule has 5 amide bonds. The molecule has 36 heteroatoms. The van der Waals surface area contributed by atoms with E-state index in [1.165, 1.54) is 67.8 Å². The van der Waals surface area contributed by atoms with Gasteiger partial charge in [0.25, 0.3) is 29.5 Å². The molecule has 31 nitrogen and oxygen atoms in total. The molecule has 9 heterocycles. The fourth-order valence-electron chi connectivity index (χ4n) is 17.7. The van der Waals surface area contributed by atoms with Gasteiger partial charge in [0.05, 0.1) is 153 Å². The molecule has 16 N–H and O–H groups in total. The standard InChI is InChI=1S/2C23H25FN4O2.C22H20FN5O2.2C21H21FN4O2/c1-30-22-18(23(29)26-17-9-7-16(25)8-10-17)11-13-20-21(22)19(27-28-20)12-4-14-2-5-15(24)6-3-14;1-30-22-18(23(29)26-14-16-10-12-25-13-11-16)7-9-20-21(22)19(27-28-20)8-4-15-2-5-17(24)6-3-15;1-30-21-17(22(29)25-11-10-16-12-24-13-26-16)7-9-19-20(21)18(27-28-19)8-4-14-2-5-15(23)6-3-14;2*1-28-20-16(21(27)24-15-10-11-23-12-15)7-9-18-19(20)17(25-26-18)8-4-13-2-5-14(22)6-3-13/h2-6,11-13,16-17H,7-10,25H2,1H3,(H,26,29)(H,27,28);2-9,16,25H,10-14H2,1H3,(H,26,29)(H,27,28);2-9,12-13H,10-11H2,1H3,(H,24,26)(H,25,29)(H,27,28);2*2-9,15,23H,10-12H2,1H3,(H,24,27)(H,25,26)/b12-4+;4*8-4+/t;;;2*15-/m...10/s1. The molecule has 4 fully saturated rings. The van der Waals surface area contributed by atoms with Gasteiger partial charge in [0.15, 0.2) is 0 Å². The fourth-order valence-corrected chi connectivity index (χ4v) is 17.7. The van der Waals surface area contributed by atoms with Crippen LogP contribution in [0.4, 0.5) is 22.0 Å². The zero-order valence-electron chi connectivity index (χ0n) is 80.9. The van der Waals surface area contributed by atoms with Crippen molar-refractivity contribution in [1.82, 2.24) is 103 Å². The van der Waals surface area contributed by atoms with E-state index in [2.05, 4.69) is 103 Å². The molecular weight excluding hydrogens is 1870 g/mol. The summed E-state index contributed by atoms with van der Waals surface area (Å²) in [4.78, 5) is 71.1. The summed E-state index contributed by atoms with van der Waals surface area (Å²) in [6.45, 7) is 6.46. The SMILES string of the molecule is COc1c(C(=O)NC2CCC(N)CC2)ccc2n[nH]c(/C=C/c3ccc(F)cc3)c12.COc1c(C(=O)NCC2CCNCC2)ccc2n[nH]c(/C=C/c3ccc(F)cc3)c12.COc1c(C(=O)NCCc2cnc[nH]2)ccc2n[nH]c(/C=C/c3ccc(F)cc3)c12.COc1c(C(=O)N[C@@H]2CCNC2)ccc2n[nH]c(/C=C/c3ccc(F)cc3)c12.COc1c(C(=O)N[C@H]2CCNC2)ccc2n[nH]c(/C=C/c3ccc(F)cc3)c12. The van der Waals surface area contributed by atoms with E-state index in [9.17, 15) is 45.9 Å². The highest BCUT2D eigenvalue weighted by Crippen LogP contribution is 2.39. The number of H-pyrrole nitrogens is 6. The number of halogens is 5. The van der Waals surface area contributed by atoms with E-state index >= 15 is 0 Å². The smallest absolute Gasteiger partial charge is 0.255 e. The topological polar surface area (TPSA) is 426 Å². The average Bonchev–Trinajstić information content (AvgIpc) is 1.65. The first-order valence-electron chi connectivity index (χ1n) is 47.9. The molecule has 752 valence electrons. The number of carbonyl (C=O) groups is 5. The summed E-state index contributed by atoms with van der Waals surface area (Å²) in [5.74, 6) is 0.582. The zero-order valence-corrected chi connectivity index (χ0v) is 80.9.